The minimum Gasteiger partial charge on any atom is -0.369 e. The van der Waals surface area contributed by atoms with Crippen LogP contribution in [-0.2, 0) is 19.5 Å². The summed E-state index contributed by atoms with van der Waals surface area (Å²) >= 11 is 6.24. The zero-order valence-electron chi connectivity index (χ0n) is 17.9. The Morgan fingerprint density at radius 2 is 1.84 bits per heavy atom. The van der Waals surface area contributed by atoms with E-state index in [1.54, 1.807) is 18.5 Å². The van der Waals surface area contributed by atoms with Gasteiger partial charge < -0.3 is 5.32 Å². The largest absolute Gasteiger partial charge is 0.369 e. The predicted molar refractivity (Wildman–Crippen MR) is 120 cm³/mol. The lowest BCUT2D eigenvalue weighted by atomic mass is 9.49. The Hall–Kier alpha value is -1.72. The molecular weight excluding hydrogens is 411 g/mol. The van der Waals surface area contributed by atoms with Crippen molar-refractivity contribution in [1.29, 1.82) is 0 Å². The number of aromatic nitrogens is 2. The van der Waals surface area contributed by atoms with E-state index in [-0.39, 0.29) is 5.82 Å². The topological polar surface area (TPSA) is 41.1 Å². The molecule has 1 N–H and O–H groups in total. The summed E-state index contributed by atoms with van der Waals surface area (Å²) in [4.78, 5) is 11.4. The number of benzene rings is 1. The number of nitrogens with zero attached hydrogens (tertiary/aromatic N) is 3. The third-order valence-corrected chi connectivity index (χ3v) is 8.68. The Balaban J connectivity index is 1.16. The van der Waals surface area contributed by atoms with Crippen molar-refractivity contribution in [2.45, 2.75) is 58.0 Å². The molecule has 31 heavy (non-hydrogen) atoms. The molecule has 2 aromatic rings. The maximum Gasteiger partial charge on any atom is 0.132 e. The highest BCUT2D eigenvalue weighted by Gasteiger charge is 2.50. The van der Waals surface area contributed by atoms with Crippen molar-refractivity contribution in [3.8, 4) is 0 Å². The number of halogens is 2. The molecule has 7 rings (SSSR count). The standard InChI is InChI=1S/C25H30ClFN4/c26-21-2-1-3-22(27)20(21)12-31-5-4-19-23(13-31)29-15-30-24(19)28-14-25-9-16-6-17(10-25)8-18(7-16)11-25/h1-3,15-18H,4-14H2,(H,28,29,30). The average Bonchev–Trinajstić information content (AvgIpc) is 2.74. The molecule has 1 aliphatic heterocycles. The van der Waals surface area contributed by atoms with Gasteiger partial charge in [-0.2, -0.15) is 0 Å². The van der Waals surface area contributed by atoms with Crippen LogP contribution in [0.2, 0.25) is 5.02 Å². The van der Waals surface area contributed by atoms with Crippen molar-refractivity contribution < 1.29 is 4.39 Å². The zero-order valence-corrected chi connectivity index (χ0v) is 18.7. The Morgan fingerprint density at radius 1 is 1.10 bits per heavy atom. The molecule has 2 heterocycles. The minimum atomic E-state index is -0.237. The summed E-state index contributed by atoms with van der Waals surface area (Å²) in [7, 11) is 0. The van der Waals surface area contributed by atoms with E-state index >= 15 is 0 Å². The van der Waals surface area contributed by atoms with Crippen LogP contribution in [0.3, 0.4) is 0 Å². The van der Waals surface area contributed by atoms with Gasteiger partial charge in [-0.25, -0.2) is 14.4 Å². The first kappa shape index (κ1) is 19.9. The summed E-state index contributed by atoms with van der Waals surface area (Å²) in [6, 6.07) is 4.89. The molecule has 4 saturated carbocycles. The Labute approximate surface area is 188 Å². The van der Waals surface area contributed by atoms with Gasteiger partial charge in [-0.1, -0.05) is 17.7 Å². The number of anilines is 1. The van der Waals surface area contributed by atoms with Gasteiger partial charge in [0.25, 0.3) is 0 Å². The van der Waals surface area contributed by atoms with E-state index in [9.17, 15) is 4.39 Å². The lowest BCUT2D eigenvalue weighted by Crippen LogP contribution is -2.49. The average molecular weight is 441 g/mol. The Bertz CT molecular complexity index is 938. The number of nitrogens with one attached hydrogen (secondary N) is 1. The van der Waals surface area contributed by atoms with Gasteiger partial charge >= 0.3 is 0 Å². The van der Waals surface area contributed by atoms with Crippen molar-refractivity contribution in [1.82, 2.24) is 14.9 Å². The molecular formula is C25H30ClFN4. The molecule has 1 aromatic carbocycles. The Kier molecular flexibility index (Phi) is 4.95. The van der Waals surface area contributed by atoms with Gasteiger partial charge in [0.15, 0.2) is 0 Å². The van der Waals surface area contributed by atoms with Crippen LogP contribution in [0.1, 0.15) is 55.3 Å². The molecule has 0 unspecified atom stereocenters. The lowest BCUT2D eigenvalue weighted by molar-refractivity contribution is -0.0444. The van der Waals surface area contributed by atoms with Gasteiger partial charge in [0.1, 0.15) is 18.0 Å². The predicted octanol–water partition coefficient (Wildman–Crippen LogP) is 5.46. The van der Waals surface area contributed by atoms with Gasteiger partial charge in [0.2, 0.25) is 0 Å². The molecule has 4 aliphatic carbocycles. The molecule has 0 spiro atoms. The van der Waals surface area contributed by atoms with Crippen LogP contribution in [0.5, 0.6) is 0 Å². The first-order valence-corrected chi connectivity index (χ1v) is 12.2. The molecule has 0 saturated heterocycles. The van der Waals surface area contributed by atoms with Crippen LogP contribution in [-0.4, -0.2) is 28.0 Å². The first-order chi connectivity index (χ1) is 15.1. The summed E-state index contributed by atoms with van der Waals surface area (Å²) in [5.74, 6) is 3.67. The SMILES string of the molecule is Fc1cccc(Cl)c1CN1CCc2c(ncnc2NCC23CC4CC(CC(C4)C2)C3)C1. The summed E-state index contributed by atoms with van der Waals surface area (Å²) < 4.78 is 14.2. The molecule has 1 aromatic heterocycles. The van der Waals surface area contributed by atoms with Crippen molar-refractivity contribution in [3.05, 3.63) is 52.2 Å². The maximum atomic E-state index is 14.2. The second kappa shape index (κ2) is 7.70. The molecule has 4 bridgehead atoms. The number of fused-ring (bicyclic) bond motifs is 1. The summed E-state index contributed by atoms with van der Waals surface area (Å²) in [6.45, 7) is 3.12. The van der Waals surface area contributed by atoms with Crippen LogP contribution >= 0.6 is 11.6 Å². The van der Waals surface area contributed by atoms with Gasteiger partial charge in [-0.15, -0.1) is 0 Å². The van der Waals surface area contributed by atoms with E-state index in [1.165, 1.54) is 50.2 Å². The molecule has 0 radical (unpaired) electrons. The zero-order chi connectivity index (χ0) is 21.0. The normalized spacial score (nSPS) is 31.6. The van der Waals surface area contributed by atoms with Crippen LogP contribution in [0.25, 0.3) is 0 Å². The van der Waals surface area contributed by atoms with Crippen LogP contribution in [0.15, 0.2) is 24.5 Å². The smallest absolute Gasteiger partial charge is 0.132 e. The van der Waals surface area contributed by atoms with Crippen molar-refractivity contribution in [3.63, 3.8) is 0 Å². The van der Waals surface area contributed by atoms with E-state index in [2.05, 4.69) is 20.2 Å². The van der Waals surface area contributed by atoms with Gasteiger partial charge in [0, 0.05) is 42.3 Å². The van der Waals surface area contributed by atoms with Gasteiger partial charge in [-0.05, 0) is 80.2 Å². The second-order valence-corrected chi connectivity index (χ2v) is 11.0. The summed E-state index contributed by atoms with van der Waals surface area (Å²) in [5.41, 5.74) is 3.35. The molecule has 4 fully saturated rings. The fraction of sp³-hybridized carbons (Fsp3) is 0.600. The number of hydrogen-bond donors (Lipinski definition) is 1. The van der Waals surface area contributed by atoms with Crippen molar-refractivity contribution >= 4 is 17.4 Å². The first-order valence-electron chi connectivity index (χ1n) is 11.8. The van der Waals surface area contributed by atoms with Crippen LogP contribution in [0.4, 0.5) is 10.2 Å². The van der Waals surface area contributed by atoms with Crippen molar-refractivity contribution in [2.24, 2.45) is 23.2 Å². The van der Waals surface area contributed by atoms with E-state index in [0.29, 0.717) is 29.1 Å². The van der Waals surface area contributed by atoms with Crippen molar-refractivity contribution in [2.75, 3.05) is 18.4 Å². The number of rotatable bonds is 5. The van der Waals surface area contributed by atoms with Gasteiger partial charge in [-0.3, -0.25) is 4.90 Å². The van der Waals surface area contributed by atoms with Crippen LogP contribution < -0.4 is 5.32 Å². The highest BCUT2D eigenvalue weighted by Crippen LogP contribution is 2.59. The second-order valence-electron chi connectivity index (χ2n) is 10.6. The van der Waals surface area contributed by atoms with Crippen LogP contribution in [0, 0.1) is 29.0 Å². The molecule has 5 aliphatic rings. The summed E-state index contributed by atoms with van der Waals surface area (Å²) in [6.07, 6.45) is 11.2. The quantitative estimate of drug-likeness (QED) is 0.670. The third kappa shape index (κ3) is 3.74. The highest BCUT2D eigenvalue weighted by molar-refractivity contribution is 6.31. The van der Waals surface area contributed by atoms with E-state index in [4.69, 9.17) is 11.6 Å². The lowest BCUT2D eigenvalue weighted by Gasteiger charge is -2.57. The van der Waals surface area contributed by atoms with E-state index < -0.39 is 0 Å². The fourth-order valence-corrected chi connectivity index (χ4v) is 7.60. The van der Waals surface area contributed by atoms with E-state index in [0.717, 1.165) is 48.8 Å². The molecule has 0 amide bonds. The molecule has 0 atom stereocenters. The monoisotopic (exact) mass is 440 g/mol. The number of hydrogen-bond acceptors (Lipinski definition) is 4. The molecule has 164 valence electrons. The Morgan fingerprint density at radius 3 is 2.55 bits per heavy atom. The maximum absolute atomic E-state index is 14.2. The molecule has 6 heteroatoms. The minimum absolute atomic E-state index is 0.237. The molecule has 4 nitrogen and oxygen atoms in total. The third-order valence-electron chi connectivity index (χ3n) is 8.33. The van der Waals surface area contributed by atoms with E-state index in [1.807, 2.05) is 0 Å². The van der Waals surface area contributed by atoms with Gasteiger partial charge in [0.05, 0.1) is 5.69 Å². The fourth-order valence-electron chi connectivity index (χ4n) is 7.38. The summed E-state index contributed by atoms with van der Waals surface area (Å²) in [5, 5.41) is 4.25. The highest BCUT2D eigenvalue weighted by atomic mass is 35.5.